The number of hydrogen-bond acceptors (Lipinski definition) is 5. The third-order valence-corrected chi connectivity index (χ3v) is 2.65. The quantitative estimate of drug-likeness (QED) is 0.845. The van der Waals surface area contributed by atoms with Gasteiger partial charge in [-0.25, -0.2) is 14.8 Å². The molecule has 1 N–H and O–H groups in total. The molecular formula is C14H13N3O3. The number of rotatable bonds is 4. The molecule has 0 saturated heterocycles. The number of nitrogens with zero attached hydrogens (tertiary/aromatic N) is 2. The Kier molecular flexibility index (Phi) is 4.39. The van der Waals surface area contributed by atoms with Gasteiger partial charge < -0.3 is 10.1 Å². The van der Waals surface area contributed by atoms with Crippen molar-refractivity contribution in [3.63, 3.8) is 0 Å². The fourth-order valence-electron chi connectivity index (χ4n) is 1.58. The van der Waals surface area contributed by atoms with E-state index in [0.29, 0.717) is 17.7 Å². The molecule has 0 radical (unpaired) electrons. The van der Waals surface area contributed by atoms with Crippen molar-refractivity contribution in [2.45, 2.75) is 6.54 Å². The number of esters is 1. The van der Waals surface area contributed by atoms with Crippen LogP contribution in [0.2, 0.25) is 0 Å². The molecule has 1 amide bonds. The van der Waals surface area contributed by atoms with Crippen LogP contribution in [0.1, 0.15) is 26.3 Å². The molecule has 1 heterocycles. The van der Waals surface area contributed by atoms with Crippen LogP contribution in [0.15, 0.2) is 43.0 Å². The molecule has 20 heavy (non-hydrogen) atoms. The summed E-state index contributed by atoms with van der Waals surface area (Å²) in [4.78, 5) is 30.6. The summed E-state index contributed by atoms with van der Waals surface area (Å²) in [6.07, 6.45) is 4.26. The van der Waals surface area contributed by atoms with Crippen LogP contribution in [0.5, 0.6) is 0 Å². The van der Waals surface area contributed by atoms with E-state index in [4.69, 9.17) is 0 Å². The van der Waals surface area contributed by atoms with Crippen molar-refractivity contribution in [2.75, 3.05) is 7.11 Å². The topological polar surface area (TPSA) is 81.2 Å². The van der Waals surface area contributed by atoms with Crippen molar-refractivity contribution in [3.05, 3.63) is 59.7 Å². The zero-order valence-corrected chi connectivity index (χ0v) is 10.9. The Bertz CT molecular complexity index is 597. The minimum Gasteiger partial charge on any atom is -0.465 e. The third kappa shape index (κ3) is 3.38. The van der Waals surface area contributed by atoms with Gasteiger partial charge in [-0.3, -0.25) is 4.79 Å². The van der Waals surface area contributed by atoms with E-state index in [1.807, 2.05) is 0 Å². The largest absolute Gasteiger partial charge is 0.465 e. The van der Waals surface area contributed by atoms with Gasteiger partial charge in [-0.05, 0) is 17.7 Å². The minimum absolute atomic E-state index is 0.248. The summed E-state index contributed by atoms with van der Waals surface area (Å²) in [6.45, 7) is 0.356. The second-order valence-electron chi connectivity index (χ2n) is 4.00. The second kappa shape index (κ2) is 6.42. The number of amides is 1. The van der Waals surface area contributed by atoms with Gasteiger partial charge in [0.2, 0.25) is 0 Å². The third-order valence-electron chi connectivity index (χ3n) is 2.65. The van der Waals surface area contributed by atoms with Gasteiger partial charge in [0.1, 0.15) is 6.33 Å². The highest BCUT2D eigenvalue weighted by Crippen LogP contribution is 2.06. The first-order valence-corrected chi connectivity index (χ1v) is 5.91. The predicted molar refractivity (Wildman–Crippen MR) is 71.0 cm³/mol. The van der Waals surface area contributed by atoms with Crippen LogP contribution < -0.4 is 5.32 Å². The molecule has 0 bridgehead atoms. The number of hydrogen-bond donors (Lipinski definition) is 1. The summed E-state index contributed by atoms with van der Waals surface area (Å²) >= 11 is 0. The first-order chi connectivity index (χ1) is 9.70. The lowest BCUT2D eigenvalue weighted by atomic mass is 10.1. The van der Waals surface area contributed by atoms with E-state index < -0.39 is 0 Å². The summed E-state index contributed by atoms with van der Waals surface area (Å²) in [5, 5.41) is 2.74. The maximum absolute atomic E-state index is 11.8. The second-order valence-corrected chi connectivity index (χ2v) is 4.00. The minimum atomic E-state index is -0.387. The summed E-state index contributed by atoms with van der Waals surface area (Å²) in [6, 6.07) is 6.82. The molecule has 1 aromatic heterocycles. The molecule has 1 aromatic carbocycles. The lowest BCUT2D eigenvalue weighted by Gasteiger charge is -2.05. The van der Waals surface area contributed by atoms with Crippen LogP contribution in [0.3, 0.4) is 0 Å². The highest BCUT2D eigenvalue weighted by molar-refractivity contribution is 5.93. The number of nitrogens with one attached hydrogen (secondary N) is 1. The van der Waals surface area contributed by atoms with Crippen LogP contribution in [-0.2, 0) is 11.3 Å². The van der Waals surface area contributed by atoms with Crippen LogP contribution in [-0.4, -0.2) is 29.0 Å². The molecule has 6 heteroatoms. The number of carbonyl (C=O) groups excluding carboxylic acids is 2. The van der Waals surface area contributed by atoms with E-state index in [-0.39, 0.29) is 11.9 Å². The number of carbonyl (C=O) groups is 2. The molecule has 0 fully saturated rings. The summed E-state index contributed by atoms with van der Waals surface area (Å²) in [5.41, 5.74) is 1.75. The molecule has 0 spiro atoms. The van der Waals surface area contributed by atoms with Crippen LogP contribution in [0.4, 0.5) is 0 Å². The number of benzene rings is 1. The monoisotopic (exact) mass is 271 g/mol. The maximum atomic E-state index is 11.8. The number of ether oxygens (including phenoxy) is 1. The van der Waals surface area contributed by atoms with E-state index in [0.717, 1.165) is 5.56 Å². The van der Waals surface area contributed by atoms with E-state index >= 15 is 0 Å². The van der Waals surface area contributed by atoms with Gasteiger partial charge >= 0.3 is 5.97 Å². The van der Waals surface area contributed by atoms with Crippen LogP contribution in [0, 0.1) is 0 Å². The fourth-order valence-corrected chi connectivity index (χ4v) is 1.58. The molecule has 0 aliphatic carbocycles. The van der Waals surface area contributed by atoms with Gasteiger partial charge in [0.05, 0.1) is 18.2 Å². The van der Waals surface area contributed by atoms with Crippen LogP contribution >= 0.6 is 0 Å². The number of methoxy groups -OCH3 is 1. The van der Waals surface area contributed by atoms with Crippen molar-refractivity contribution < 1.29 is 14.3 Å². The molecule has 102 valence electrons. The Balaban J connectivity index is 1.94. The SMILES string of the molecule is COC(=O)c1ccc(CNC(=O)c2cncnc2)cc1. The highest BCUT2D eigenvalue weighted by atomic mass is 16.5. The zero-order valence-electron chi connectivity index (χ0n) is 10.9. The van der Waals surface area contributed by atoms with E-state index in [9.17, 15) is 9.59 Å². The average Bonchev–Trinajstić information content (AvgIpc) is 2.53. The maximum Gasteiger partial charge on any atom is 0.337 e. The highest BCUT2D eigenvalue weighted by Gasteiger charge is 2.07. The molecule has 0 unspecified atom stereocenters. The Morgan fingerprint density at radius 2 is 1.75 bits per heavy atom. The predicted octanol–water partition coefficient (Wildman–Crippen LogP) is 1.19. The Morgan fingerprint density at radius 1 is 1.10 bits per heavy atom. The summed E-state index contributed by atoms with van der Waals surface area (Å²) < 4.78 is 4.61. The lowest BCUT2D eigenvalue weighted by Crippen LogP contribution is -2.23. The van der Waals surface area contributed by atoms with Crippen molar-refractivity contribution in [2.24, 2.45) is 0 Å². The molecule has 2 aromatic rings. The van der Waals surface area contributed by atoms with Gasteiger partial charge in [-0.1, -0.05) is 12.1 Å². The molecule has 0 aliphatic heterocycles. The molecule has 2 rings (SSSR count). The van der Waals surface area contributed by atoms with Crippen molar-refractivity contribution in [1.82, 2.24) is 15.3 Å². The summed E-state index contributed by atoms with van der Waals surface area (Å²) in [7, 11) is 1.33. The van der Waals surface area contributed by atoms with E-state index in [1.165, 1.54) is 25.8 Å². The number of aromatic nitrogens is 2. The van der Waals surface area contributed by atoms with Gasteiger partial charge in [0.15, 0.2) is 0 Å². The summed E-state index contributed by atoms with van der Waals surface area (Å²) in [5.74, 6) is -0.635. The molecule has 6 nitrogen and oxygen atoms in total. The molecule has 0 saturated carbocycles. The lowest BCUT2D eigenvalue weighted by molar-refractivity contribution is 0.0600. The van der Waals surface area contributed by atoms with Crippen molar-refractivity contribution in [3.8, 4) is 0 Å². The van der Waals surface area contributed by atoms with Gasteiger partial charge in [0, 0.05) is 18.9 Å². The van der Waals surface area contributed by atoms with Crippen molar-refractivity contribution >= 4 is 11.9 Å². The Hall–Kier alpha value is -2.76. The zero-order chi connectivity index (χ0) is 14.4. The molecule has 0 atom stereocenters. The molecule has 0 aliphatic rings. The Labute approximate surface area is 115 Å². The normalized spacial score (nSPS) is 9.85. The standard InChI is InChI=1S/C14H13N3O3/c1-20-14(19)11-4-2-10(3-5-11)6-17-13(18)12-7-15-9-16-8-12/h2-5,7-9H,6H2,1H3,(H,17,18). The van der Waals surface area contributed by atoms with Gasteiger partial charge in [-0.15, -0.1) is 0 Å². The average molecular weight is 271 g/mol. The van der Waals surface area contributed by atoms with Gasteiger partial charge in [0.25, 0.3) is 5.91 Å². The Morgan fingerprint density at radius 3 is 2.35 bits per heavy atom. The van der Waals surface area contributed by atoms with Gasteiger partial charge in [-0.2, -0.15) is 0 Å². The van der Waals surface area contributed by atoms with Crippen LogP contribution in [0.25, 0.3) is 0 Å². The van der Waals surface area contributed by atoms with E-state index in [1.54, 1.807) is 24.3 Å². The smallest absolute Gasteiger partial charge is 0.337 e. The van der Waals surface area contributed by atoms with E-state index in [2.05, 4.69) is 20.0 Å². The fraction of sp³-hybridized carbons (Fsp3) is 0.143. The molecular weight excluding hydrogens is 258 g/mol. The first kappa shape index (κ1) is 13.7. The van der Waals surface area contributed by atoms with Crippen molar-refractivity contribution in [1.29, 1.82) is 0 Å². The first-order valence-electron chi connectivity index (χ1n) is 5.91.